The molecule has 0 amide bonds. The zero-order valence-corrected chi connectivity index (χ0v) is 16.1. The molecule has 3 aliphatic rings. The number of hydrogen-bond acceptors (Lipinski definition) is 4. The van der Waals surface area contributed by atoms with Gasteiger partial charge in [-0.25, -0.2) is 4.21 Å². The molecule has 4 rings (SSSR count). The summed E-state index contributed by atoms with van der Waals surface area (Å²) in [5.74, 6) is 0.937. The van der Waals surface area contributed by atoms with Crippen molar-refractivity contribution in [2.45, 2.75) is 44.0 Å². The third-order valence-electron chi connectivity index (χ3n) is 5.69. The van der Waals surface area contributed by atoms with Gasteiger partial charge in [-0.05, 0) is 38.3 Å². The molecule has 1 aliphatic carbocycles. The number of hydrogen-bond donors (Lipinski definition) is 0. The van der Waals surface area contributed by atoms with Gasteiger partial charge in [0.25, 0.3) is 0 Å². The smallest absolute Gasteiger partial charge is 0.209 e. The predicted molar refractivity (Wildman–Crippen MR) is 102 cm³/mol. The van der Waals surface area contributed by atoms with E-state index in [-0.39, 0.29) is 0 Å². The van der Waals surface area contributed by atoms with Crippen LogP contribution in [0, 0.1) is 13.8 Å². The topological polar surface area (TPSA) is 39.2 Å². The number of aliphatic imine (C=N–C) groups is 1. The summed E-state index contributed by atoms with van der Waals surface area (Å²) in [6.07, 6.45) is 4.12. The lowest BCUT2D eigenvalue weighted by Gasteiger charge is -2.44. The molecule has 2 heterocycles. The monoisotopic (exact) mass is 360 g/mol. The Bertz CT molecular complexity index is 693. The van der Waals surface area contributed by atoms with Crippen molar-refractivity contribution in [1.29, 1.82) is 0 Å². The van der Waals surface area contributed by atoms with Gasteiger partial charge in [0.15, 0.2) is 11.0 Å². The summed E-state index contributed by atoms with van der Waals surface area (Å²) in [7, 11) is -1.17. The van der Waals surface area contributed by atoms with Crippen LogP contribution in [0.5, 0.6) is 0 Å². The standard InChI is InChI=1S/C19H28N4OS/c1-15-6-7-18(16(2)14-15)25(24)23-9-8-20-19(23)22-12-10-21(11-13-22)17-4-3-5-17/h6-7,14,17H,3-5,8-13H2,1-2H3. The van der Waals surface area contributed by atoms with Crippen LogP contribution in [0.15, 0.2) is 28.1 Å². The highest BCUT2D eigenvalue weighted by Gasteiger charge is 2.33. The first-order valence-corrected chi connectivity index (χ1v) is 10.5. The fourth-order valence-corrected chi connectivity index (χ4v) is 5.31. The molecule has 1 atom stereocenters. The first kappa shape index (κ1) is 17.0. The lowest BCUT2D eigenvalue weighted by molar-refractivity contribution is 0.0834. The largest absolute Gasteiger partial charge is 0.339 e. The molecule has 0 radical (unpaired) electrons. The lowest BCUT2D eigenvalue weighted by atomic mass is 9.91. The summed E-state index contributed by atoms with van der Waals surface area (Å²) < 4.78 is 15.2. The molecule has 1 aromatic carbocycles. The molecule has 136 valence electrons. The summed E-state index contributed by atoms with van der Waals surface area (Å²) in [4.78, 5) is 10.6. The predicted octanol–water partition coefficient (Wildman–Crippen LogP) is 2.17. The van der Waals surface area contributed by atoms with E-state index in [1.54, 1.807) is 0 Å². The first-order valence-electron chi connectivity index (χ1n) is 9.43. The summed E-state index contributed by atoms with van der Waals surface area (Å²) in [6.45, 7) is 9.81. The maximum absolute atomic E-state index is 13.2. The molecule has 1 saturated heterocycles. The van der Waals surface area contributed by atoms with Crippen molar-refractivity contribution in [1.82, 2.24) is 14.1 Å². The Kier molecular flexibility index (Phi) is 4.82. The molecule has 25 heavy (non-hydrogen) atoms. The second-order valence-electron chi connectivity index (χ2n) is 7.41. The van der Waals surface area contributed by atoms with Crippen molar-refractivity contribution in [3.8, 4) is 0 Å². The lowest BCUT2D eigenvalue weighted by Crippen LogP contribution is -2.55. The van der Waals surface area contributed by atoms with E-state index < -0.39 is 11.0 Å². The van der Waals surface area contributed by atoms with E-state index in [2.05, 4.69) is 22.8 Å². The van der Waals surface area contributed by atoms with Crippen LogP contribution in [0.25, 0.3) is 0 Å². The Labute approximate surface area is 153 Å². The molecule has 2 aliphatic heterocycles. The van der Waals surface area contributed by atoms with E-state index in [9.17, 15) is 4.21 Å². The Hall–Kier alpha value is -1.40. The minimum absolute atomic E-state index is 0.745. The molecule has 0 bridgehead atoms. The highest BCUT2D eigenvalue weighted by atomic mass is 32.2. The van der Waals surface area contributed by atoms with E-state index in [1.165, 1.54) is 24.8 Å². The van der Waals surface area contributed by atoms with Gasteiger partial charge in [0, 0.05) is 32.2 Å². The fourth-order valence-electron chi connectivity index (χ4n) is 3.99. The SMILES string of the molecule is Cc1ccc(S(=O)N2CCN=C2N2CCN(C3CCC3)CC2)c(C)c1. The van der Waals surface area contributed by atoms with Crippen molar-refractivity contribution in [2.75, 3.05) is 39.3 Å². The average Bonchev–Trinajstić information content (AvgIpc) is 3.03. The van der Waals surface area contributed by atoms with E-state index in [0.29, 0.717) is 0 Å². The van der Waals surface area contributed by atoms with Crippen LogP contribution in [-0.4, -0.2) is 69.6 Å². The number of nitrogens with zero attached hydrogens (tertiary/aromatic N) is 4. The number of benzene rings is 1. The normalized spacial score (nSPS) is 23.5. The van der Waals surface area contributed by atoms with E-state index in [0.717, 1.165) is 61.7 Å². The Balaban J connectivity index is 1.44. The molecular weight excluding hydrogens is 332 g/mol. The Morgan fingerprint density at radius 3 is 2.48 bits per heavy atom. The van der Waals surface area contributed by atoms with Crippen molar-refractivity contribution in [3.63, 3.8) is 0 Å². The molecule has 0 N–H and O–H groups in total. The highest BCUT2D eigenvalue weighted by Crippen LogP contribution is 2.26. The number of piperazine rings is 1. The van der Waals surface area contributed by atoms with Gasteiger partial charge in [0.05, 0.1) is 18.0 Å². The van der Waals surface area contributed by atoms with Crippen LogP contribution in [0.3, 0.4) is 0 Å². The molecule has 1 unspecified atom stereocenters. The second kappa shape index (κ2) is 7.08. The summed E-state index contributed by atoms with van der Waals surface area (Å²) >= 11 is 0. The first-order chi connectivity index (χ1) is 12.1. The van der Waals surface area contributed by atoms with E-state index >= 15 is 0 Å². The van der Waals surface area contributed by atoms with Crippen molar-refractivity contribution < 1.29 is 4.21 Å². The summed E-state index contributed by atoms with van der Waals surface area (Å²) in [5, 5.41) is 0. The van der Waals surface area contributed by atoms with Gasteiger partial charge in [0.2, 0.25) is 5.96 Å². The number of guanidine groups is 1. The Morgan fingerprint density at radius 2 is 1.84 bits per heavy atom. The quantitative estimate of drug-likeness (QED) is 0.829. The van der Waals surface area contributed by atoms with Crippen LogP contribution < -0.4 is 0 Å². The van der Waals surface area contributed by atoms with Gasteiger partial charge in [-0.3, -0.25) is 14.2 Å². The third kappa shape index (κ3) is 3.34. The third-order valence-corrected chi connectivity index (χ3v) is 7.27. The molecule has 0 aromatic heterocycles. The molecule has 5 nitrogen and oxygen atoms in total. The van der Waals surface area contributed by atoms with Crippen molar-refractivity contribution in [2.24, 2.45) is 4.99 Å². The molecular formula is C19H28N4OS. The van der Waals surface area contributed by atoms with Gasteiger partial charge in [0.1, 0.15) is 0 Å². The Morgan fingerprint density at radius 1 is 1.08 bits per heavy atom. The van der Waals surface area contributed by atoms with E-state index in [1.807, 2.05) is 23.4 Å². The zero-order chi connectivity index (χ0) is 17.4. The maximum atomic E-state index is 13.2. The van der Waals surface area contributed by atoms with Gasteiger partial charge in [-0.15, -0.1) is 0 Å². The fraction of sp³-hybridized carbons (Fsp3) is 0.632. The molecule has 6 heteroatoms. The summed E-state index contributed by atoms with van der Waals surface area (Å²) in [6, 6.07) is 6.97. The number of rotatable bonds is 3. The maximum Gasteiger partial charge on any atom is 0.209 e. The van der Waals surface area contributed by atoms with Crippen molar-refractivity contribution in [3.05, 3.63) is 29.3 Å². The minimum atomic E-state index is -1.17. The van der Waals surface area contributed by atoms with Crippen LogP contribution in [0.2, 0.25) is 0 Å². The van der Waals surface area contributed by atoms with Crippen LogP contribution in [0.4, 0.5) is 0 Å². The molecule has 1 saturated carbocycles. The molecule has 0 spiro atoms. The van der Waals surface area contributed by atoms with Crippen LogP contribution in [0.1, 0.15) is 30.4 Å². The van der Waals surface area contributed by atoms with Gasteiger partial charge in [-0.2, -0.15) is 0 Å². The molecule has 2 fully saturated rings. The highest BCUT2D eigenvalue weighted by molar-refractivity contribution is 7.83. The van der Waals surface area contributed by atoms with Crippen LogP contribution >= 0.6 is 0 Å². The average molecular weight is 361 g/mol. The van der Waals surface area contributed by atoms with E-state index in [4.69, 9.17) is 4.99 Å². The van der Waals surface area contributed by atoms with Crippen molar-refractivity contribution >= 4 is 16.9 Å². The van der Waals surface area contributed by atoms with Gasteiger partial charge in [-0.1, -0.05) is 24.1 Å². The van der Waals surface area contributed by atoms with Gasteiger partial charge >= 0.3 is 0 Å². The zero-order valence-electron chi connectivity index (χ0n) is 15.3. The molecule has 1 aromatic rings. The van der Waals surface area contributed by atoms with Gasteiger partial charge < -0.3 is 4.90 Å². The number of aryl methyl sites for hydroxylation is 2. The second-order valence-corrected chi connectivity index (χ2v) is 8.79. The van der Waals surface area contributed by atoms with Crippen LogP contribution in [-0.2, 0) is 11.0 Å². The summed E-state index contributed by atoms with van der Waals surface area (Å²) in [5.41, 5.74) is 2.31. The minimum Gasteiger partial charge on any atom is -0.339 e.